The predicted molar refractivity (Wildman–Crippen MR) is 66.6 cm³/mol. The van der Waals surface area contributed by atoms with Crippen LogP contribution >= 0.6 is 0 Å². The van der Waals surface area contributed by atoms with Crippen molar-refractivity contribution in [2.24, 2.45) is 0 Å². The van der Waals surface area contributed by atoms with Crippen molar-refractivity contribution >= 4 is 0 Å². The van der Waals surface area contributed by atoms with Gasteiger partial charge >= 0.3 is 0 Å². The zero-order chi connectivity index (χ0) is 10.8. The lowest BCUT2D eigenvalue weighted by atomic mass is 9.83. The highest BCUT2D eigenvalue weighted by atomic mass is 14.2. The Morgan fingerprint density at radius 3 is 2.47 bits per heavy atom. The minimum atomic E-state index is 1.19. The molecule has 1 aliphatic carbocycles. The molecule has 0 heterocycles. The molecule has 1 aromatic rings. The van der Waals surface area contributed by atoms with Gasteiger partial charge < -0.3 is 0 Å². The molecule has 0 aliphatic heterocycles. The SMILES string of the molecule is CCc1cc2c(c(C)c1CC)CCCC2. The van der Waals surface area contributed by atoms with E-state index in [1.807, 2.05) is 0 Å². The molecule has 0 unspecified atom stereocenters. The highest BCUT2D eigenvalue weighted by Gasteiger charge is 2.15. The van der Waals surface area contributed by atoms with E-state index < -0.39 is 0 Å². The molecule has 0 saturated heterocycles. The summed E-state index contributed by atoms with van der Waals surface area (Å²) in [5, 5.41) is 0. The Morgan fingerprint density at radius 1 is 1.07 bits per heavy atom. The van der Waals surface area contributed by atoms with Crippen molar-refractivity contribution in [3.05, 3.63) is 33.9 Å². The second-order valence-corrected chi connectivity index (χ2v) is 4.69. The van der Waals surface area contributed by atoms with E-state index in [1.54, 1.807) is 27.8 Å². The Balaban J connectivity index is 2.57. The first-order valence-electron chi connectivity index (χ1n) is 6.41. The maximum atomic E-state index is 2.49. The van der Waals surface area contributed by atoms with E-state index in [9.17, 15) is 0 Å². The summed E-state index contributed by atoms with van der Waals surface area (Å²) in [5.74, 6) is 0. The number of hydrogen-bond acceptors (Lipinski definition) is 0. The lowest BCUT2D eigenvalue weighted by Crippen LogP contribution is -2.09. The molecule has 0 fully saturated rings. The summed E-state index contributed by atoms with van der Waals surface area (Å²) in [6.07, 6.45) is 7.80. The molecule has 1 aliphatic rings. The van der Waals surface area contributed by atoms with Crippen molar-refractivity contribution in [2.75, 3.05) is 0 Å². The third kappa shape index (κ3) is 1.82. The molecule has 0 amide bonds. The third-order valence-electron chi connectivity index (χ3n) is 3.89. The van der Waals surface area contributed by atoms with E-state index in [1.165, 1.54) is 38.5 Å². The van der Waals surface area contributed by atoms with Gasteiger partial charge in [0.1, 0.15) is 0 Å². The third-order valence-corrected chi connectivity index (χ3v) is 3.89. The van der Waals surface area contributed by atoms with Crippen LogP contribution in [0.2, 0.25) is 0 Å². The van der Waals surface area contributed by atoms with E-state index in [2.05, 4.69) is 26.8 Å². The number of benzene rings is 1. The first kappa shape index (κ1) is 10.7. The molecule has 1 aromatic carbocycles. The first-order valence-corrected chi connectivity index (χ1v) is 6.41. The second-order valence-electron chi connectivity index (χ2n) is 4.69. The van der Waals surface area contributed by atoms with E-state index in [0.29, 0.717) is 0 Å². The summed E-state index contributed by atoms with van der Waals surface area (Å²) in [4.78, 5) is 0. The molecule has 0 radical (unpaired) electrons. The zero-order valence-corrected chi connectivity index (χ0v) is 10.3. The van der Waals surface area contributed by atoms with E-state index in [4.69, 9.17) is 0 Å². The fourth-order valence-corrected chi connectivity index (χ4v) is 3.04. The Hall–Kier alpha value is -0.780. The van der Waals surface area contributed by atoms with Crippen LogP contribution in [0.15, 0.2) is 6.07 Å². The largest absolute Gasteiger partial charge is 0.0613 e. The van der Waals surface area contributed by atoms with Crippen molar-refractivity contribution in [1.82, 2.24) is 0 Å². The molecule has 0 atom stereocenters. The standard InChI is InChI=1S/C15H22/c1-4-12-10-13-8-6-7-9-15(13)11(3)14(12)5-2/h10H,4-9H2,1-3H3. The van der Waals surface area contributed by atoms with Crippen LogP contribution in [0.3, 0.4) is 0 Å². The van der Waals surface area contributed by atoms with Gasteiger partial charge in [-0.25, -0.2) is 0 Å². The summed E-state index contributed by atoms with van der Waals surface area (Å²) in [6.45, 7) is 6.90. The Kier molecular flexibility index (Phi) is 3.14. The number of hydrogen-bond donors (Lipinski definition) is 0. The Bertz CT molecular complexity index is 347. The van der Waals surface area contributed by atoms with Crippen molar-refractivity contribution in [3.63, 3.8) is 0 Å². The maximum absolute atomic E-state index is 2.49. The van der Waals surface area contributed by atoms with Gasteiger partial charge in [-0.3, -0.25) is 0 Å². The summed E-state index contributed by atoms with van der Waals surface area (Å²) < 4.78 is 0. The predicted octanol–water partition coefficient (Wildman–Crippen LogP) is 4.00. The zero-order valence-electron chi connectivity index (χ0n) is 10.3. The highest BCUT2D eigenvalue weighted by molar-refractivity contribution is 5.46. The van der Waals surface area contributed by atoms with Crippen molar-refractivity contribution in [1.29, 1.82) is 0 Å². The normalized spacial score (nSPS) is 15.1. The van der Waals surface area contributed by atoms with E-state index in [0.717, 1.165) is 0 Å². The average molecular weight is 202 g/mol. The van der Waals surface area contributed by atoms with Gasteiger partial charge in [0.15, 0.2) is 0 Å². The van der Waals surface area contributed by atoms with Gasteiger partial charge in [-0.2, -0.15) is 0 Å². The smallest absolute Gasteiger partial charge is 0.0273 e. The van der Waals surface area contributed by atoms with Gasteiger partial charge in [0, 0.05) is 0 Å². The van der Waals surface area contributed by atoms with E-state index >= 15 is 0 Å². The fraction of sp³-hybridized carbons (Fsp3) is 0.600. The first-order chi connectivity index (χ1) is 7.27. The number of fused-ring (bicyclic) bond motifs is 1. The fourth-order valence-electron chi connectivity index (χ4n) is 3.04. The summed E-state index contributed by atoms with van der Waals surface area (Å²) >= 11 is 0. The van der Waals surface area contributed by atoms with Crippen LogP contribution in [0, 0.1) is 6.92 Å². The molecule has 0 bridgehead atoms. The van der Waals surface area contributed by atoms with Crippen molar-refractivity contribution in [2.45, 2.75) is 59.3 Å². The van der Waals surface area contributed by atoms with Gasteiger partial charge in [0.05, 0.1) is 0 Å². The van der Waals surface area contributed by atoms with Gasteiger partial charge in [-0.15, -0.1) is 0 Å². The van der Waals surface area contributed by atoms with E-state index in [-0.39, 0.29) is 0 Å². The van der Waals surface area contributed by atoms with Crippen LogP contribution < -0.4 is 0 Å². The van der Waals surface area contributed by atoms with Gasteiger partial charge in [-0.1, -0.05) is 19.9 Å². The minimum absolute atomic E-state index is 1.19. The average Bonchev–Trinajstić information content (AvgIpc) is 2.29. The monoisotopic (exact) mass is 202 g/mol. The molecule has 0 aromatic heterocycles. The molecule has 0 spiro atoms. The van der Waals surface area contributed by atoms with Gasteiger partial charge in [0.25, 0.3) is 0 Å². The molecule has 15 heavy (non-hydrogen) atoms. The lowest BCUT2D eigenvalue weighted by Gasteiger charge is -2.22. The molecule has 0 saturated carbocycles. The summed E-state index contributed by atoms with van der Waals surface area (Å²) in [7, 11) is 0. The lowest BCUT2D eigenvalue weighted by molar-refractivity contribution is 0.678. The number of rotatable bonds is 2. The molecule has 0 N–H and O–H groups in total. The van der Waals surface area contributed by atoms with Crippen molar-refractivity contribution < 1.29 is 0 Å². The maximum Gasteiger partial charge on any atom is -0.0273 e. The molecule has 2 rings (SSSR count). The van der Waals surface area contributed by atoms with Crippen LogP contribution in [0.1, 0.15) is 54.5 Å². The van der Waals surface area contributed by atoms with Crippen LogP contribution in [-0.4, -0.2) is 0 Å². The second kappa shape index (κ2) is 4.38. The number of aryl methyl sites for hydroxylation is 2. The molecular formula is C15H22. The molecular weight excluding hydrogens is 180 g/mol. The topological polar surface area (TPSA) is 0 Å². The molecule has 0 nitrogen and oxygen atoms in total. The van der Waals surface area contributed by atoms with Gasteiger partial charge in [0.2, 0.25) is 0 Å². The Morgan fingerprint density at radius 2 is 1.80 bits per heavy atom. The summed E-state index contributed by atoms with van der Waals surface area (Å²) in [6, 6.07) is 2.49. The van der Waals surface area contributed by atoms with Gasteiger partial charge in [-0.05, 0) is 73.3 Å². The van der Waals surface area contributed by atoms with Crippen LogP contribution in [-0.2, 0) is 25.7 Å². The molecule has 0 heteroatoms. The van der Waals surface area contributed by atoms with Crippen LogP contribution in [0.5, 0.6) is 0 Å². The Labute approximate surface area is 93.7 Å². The minimum Gasteiger partial charge on any atom is -0.0613 e. The van der Waals surface area contributed by atoms with Crippen molar-refractivity contribution in [3.8, 4) is 0 Å². The van der Waals surface area contributed by atoms with Crippen LogP contribution in [0.4, 0.5) is 0 Å². The van der Waals surface area contributed by atoms with Crippen LogP contribution in [0.25, 0.3) is 0 Å². The quantitative estimate of drug-likeness (QED) is 0.680. The molecule has 82 valence electrons. The highest BCUT2D eigenvalue weighted by Crippen LogP contribution is 2.29. The summed E-state index contributed by atoms with van der Waals surface area (Å²) in [5.41, 5.74) is 8.14.